The van der Waals surface area contributed by atoms with Crippen LogP contribution in [-0.2, 0) is 0 Å². The van der Waals surface area contributed by atoms with Gasteiger partial charge in [-0.05, 0) is 24.3 Å². The van der Waals surface area contributed by atoms with E-state index in [4.69, 9.17) is 0 Å². The molecule has 4 heteroatoms. The first-order valence-electron chi connectivity index (χ1n) is 4.88. The van der Waals surface area contributed by atoms with Gasteiger partial charge in [-0.1, -0.05) is 0 Å². The van der Waals surface area contributed by atoms with Crippen molar-refractivity contribution in [2.45, 2.75) is 0 Å². The third kappa shape index (κ3) is 1.35. The average Bonchev–Trinajstić information content (AvgIpc) is 2.76. The van der Waals surface area contributed by atoms with Gasteiger partial charge in [-0.2, -0.15) is 4.39 Å². The molecule has 0 unspecified atom stereocenters. The predicted octanol–water partition coefficient (Wildman–Crippen LogP) is 2.76. The number of aromatic nitrogens is 3. The summed E-state index contributed by atoms with van der Waals surface area (Å²) in [7, 11) is 0. The summed E-state index contributed by atoms with van der Waals surface area (Å²) in [4.78, 5) is 10.8. The fraction of sp³-hybridized carbons (Fsp3) is 0. The maximum atomic E-state index is 13.5. The molecule has 0 aliphatic carbocycles. The standard InChI is InChI=1S/C12H8FN3/c13-11-10(2-1-4-14-11)9-6-8-3-5-15-12(8)16-7-9/h1-7H,(H,15,16). The Hall–Kier alpha value is -2.23. The fourth-order valence-corrected chi connectivity index (χ4v) is 1.69. The van der Waals surface area contributed by atoms with Crippen LogP contribution in [0, 0.1) is 5.95 Å². The summed E-state index contributed by atoms with van der Waals surface area (Å²) in [6.07, 6.45) is 4.88. The quantitative estimate of drug-likeness (QED) is 0.631. The first-order valence-corrected chi connectivity index (χ1v) is 4.88. The molecule has 0 bridgehead atoms. The van der Waals surface area contributed by atoms with Gasteiger partial charge in [0.05, 0.1) is 0 Å². The van der Waals surface area contributed by atoms with E-state index < -0.39 is 5.95 Å². The van der Waals surface area contributed by atoms with Crippen molar-refractivity contribution in [3.63, 3.8) is 0 Å². The van der Waals surface area contributed by atoms with Gasteiger partial charge in [0.15, 0.2) is 0 Å². The molecule has 0 spiro atoms. The molecule has 0 radical (unpaired) electrons. The fourth-order valence-electron chi connectivity index (χ4n) is 1.69. The number of nitrogens with one attached hydrogen (secondary N) is 1. The summed E-state index contributed by atoms with van der Waals surface area (Å²) < 4.78 is 13.5. The largest absolute Gasteiger partial charge is 0.346 e. The highest BCUT2D eigenvalue weighted by Crippen LogP contribution is 2.23. The van der Waals surface area contributed by atoms with Gasteiger partial charge in [0.1, 0.15) is 5.65 Å². The van der Waals surface area contributed by atoms with Crippen LogP contribution in [0.1, 0.15) is 0 Å². The van der Waals surface area contributed by atoms with Gasteiger partial charge >= 0.3 is 0 Å². The Labute approximate surface area is 91.0 Å². The van der Waals surface area contributed by atoms with Crippen LogP contribution in [0.3, 0.4) is 0 Å². The lowest BCUT2D eigenvalue weighted by molar-refractivity contribution is 0.587. The highest BCUT2D eigenvalue weighted by Gasteiger charge is 2.06. The molecular weight excluding hydrogens is 205 g/mol. The Morgan fingerprint density at radius 3 is 3.00 bits per heavy atom. The Morgan fingerprint density at radius 1 is 1.19 bits per heavy atom. The minimum Gasteiger partial charge on any atom is -0.346 e. The second-order valence-corrected chi connectivity index (χ2v) is 3.48. The molecule has 3 nitrogen and oxygen atoms in total. The van der Waals surface area contributed by atoms with E-state index in [1.807, 2.05) is 12.1 Å². The molecule has 1 N–H and O–H groups in total. The van der Waals surface area contributed by atoms with Gasteiger partial charge in [0.2, 0.25) is 5.95 Å². The molecular formula is C12H8FN3. The van der Waals surface area contributed by atoms with E-state index in [0.29, 0.717) is 5.56 Å². The Bertz CT molecular complexity index is 645. The van der Waals surface area contributed by atoms with Crippen LogP contribution in [0.25, 0.3) is 22.2 Å². The summed E-state index contributed by atoms with van der Waals surface area (Å²) in [5, 5.41) is 0.959. The van der Waals surface area contributed by atoms with E-state index >= 15 is 0 Å². The van der Waals surface area contributed by atoms with Gasteiger partial charge < -0.3 is 4.98 Å². The molecule has 0 aliphatic rings. The van der Waals surface area contributed by atoms with Crippen molar-refractivity contribution >= 4 is 11.0 Å². The number of pyridine rings is 2. The van der Waals surface area contributed by atoms with Crippen molar-refractivity contribution in [2.24, 2.45) is 0 Å². The highest BCUT2D eigenvalue weighted by molar-refractivity contribution is 5.81. The van der Waals surface area contributed by atoms with Gasteiger partial charge in [-0.15, -0.1) is 0 Å². The molecule has 0 saturated heterocycles. The van der Waals surface area contributed by atoms with E-state index in [0.717, 1.165) is 16.6 Å². The molecule has 3 aromatic rings. The second kappa shape index (κ2) is 3.41. The van der Waals surface area contributed by atoms with Crippen molar-refractivity contribution in [1.29, 1.82) is 0 Å². The number of aromatic amines is 1. The minimum absolute atomic E-state index is 0.470. The molecule has 0 fully saturated rings. The normalized spacial score (nSPS) is 10.8. The summed E-state index contributed by atoms with van der Waals surface area (Å²) in [5.41, 5.74) is 2.00. The third-order valence-corrected chi connectivity index (χ3v) is 2.47. The van der Waals surface area contributed by atoms with Gasteiger partial charge in [-0.3, -0.25) is 0 Å². The summed E-state index contributed by atoms with van der Waals surface area (Å²) in [5.74, 6) is -0.473. The molecule has 16 heavy (non-hydrogen) atoms. The van der Waals surface area contributed by atoms with Crippen LogP contribution >= 0.6 is 0 Å². The Kier molecular flexibility index (Phi) is 1.93. The zero-order chi connectivity index (χ0) is 11.0. The molecule has 0 saturated carbocycles. The third-order valence-electron chi connectivity index (χ3n) is 2.47. The van der Waals surface area contributed by atoms with Crippen LogP contribution in [0.15, 0.2) is 42.9 Å². The zero-order valence-corrected chi connectivity index (χ0v) is 8.31. The molecule has 0 amide bonds. The second-order valence-electron chi connectivity index (χ2n) is 3.48. The maximum Gasteiger partial charge on any atom is 0.220 e. The van der Waals surface area contributed by atoms with Crippen LogP contribution in [-0.4, -0.2) is 15.0 Å². The lowest BCUT2D eigenvalue weighted by Crippen LogP contribution is -1.88. The first kappa shape index (κ1) is 9.03. The summed E-state index contributed by atoms with van der Waals surface area (Å²) in [6.45, 7) is 0. The zero-order valence-electron chi connectivity index (χ0n) is 8.31. The molecule has 3 heterocycles. The minimum atomic E-state index is -0.473. The first-order chi connectivity index (χ1) is 7.84. The van der Waals surface area contributed by atoms with Crippen molar-refractivity contribution in [2.75, 3.05) is 0 Å². The Morgan fingerprint density at radius 2 is 2.12 bits per heavy atom. The maximum absolute atomic E-state index is 13.5. The number of hydrogen-bond acceptors (Lipinski definition) is 2. The van der Waals surface area contributed by atoms with Crippen LogP contribution in [0.2, 0.25) is 0 Å². The lowest BCUT2D eigenvalue weighted by Gasteiger charge is -2.01. The van der Waals surface area contributed by atoms with E-state index in [9.17, 15) is 4.39 Å². The van der Waals surface area contributed by atoms with Crippen LogP contribution in [0.5, 0.6) is 0 Å². The van der Waals surface area contributed by atoms with E-state index in [-0.39, 0.29) is 0 Å². The topological polar surface area (TPSA) is 41.6 Å². The summed E-state index contributed by atoms with van der Waals surface area (Å²) in [6, 6.07) is 7.19. The molecule has 78 valence electrons. The molecule has 0 aliphatic heterocycles. The van der Waals surface area contributed by atoms with E-state index in [1.54, 1.807) is 24.5 Å². The van der Waals surface area contributed by atoms with Crippen LogP contribution < -0.4 is 0 Å². The van der Waals surface area contributed by atoms with Gasteiger partial charge in [-0.25, -0.2) is 9.97 Å². The predicted molar refractivity (Wildman–Crippen MR) is 59.3 cm³/mol. The van der Waals surface area contributed by atoms with Gasteiger partial charge in [0.25, 0.3) is 0 Å². The van der Waals surface area contributed by atoms with Crippen molar-refractivity contribution < 1.29 is 4.39 Å². The van der Waals surface area contributed by atoms with Crippen LogP contribution in [0.4, 0.5) is 4.39 Å². The highest BCUT2D eigenvalue weighted by atomic mass is 19.1. The van der Waals surface area contributed by atoms with E-state index in [2.05, 4.69) is 15.0 Å². The smallest absolute Gasteiger partial charge is 0.220 e. The van der Waals surface area contributed by atoms with E-state index in [1.165, 1.54) is 6.20 Å². The number of halogens is 1. The van der Waals surface area contributed by atoms with Crippen molar-refractivity contribution in [1.82, 2.24) is 15.0 Å². The summed E-state index contributed by atoms with van der Waals surface area (Å²) >= 11 is 0. The Balaban J connectivity index is 2.22. The van der Waals surface area contributed by atoms with Gasteiger partial charge in [0, 0.05) is 35.1 Å². The lowest BCUT2D eigenvalue weighted by atomic mass is 10.1. The van der Waals surface area contributed by atoms with Crippen molar-refractivity contribution in [3.8, 4) is 11.1 Å². The number of nitrogens with zero attached hydrogens (tertiary/aromatic N) is 2. The molecule has 0 atom stereocenters. The molecule has 0 aromatic carbocycles. The SMILES string of the molecule is Fc1ncccc1-c1cnc2[nH]ccc2c1. The molecule has 3 aromatic heterocycles. The van der Waals surface area contributed by atoms with Crippen molar-refractivity contribution in [3.05, 3.63) is 48.8 Å². The number of fused-ring (bicyclic) bond motifs is 1. The average molecular weight is 213 g/mol. The number of hydrogen-bond donors (Lipinski definition) is 1. The number of H-pyrrole nitrogens is 1. The monoisotopic (exact) mass is 213 g/mol. The molecule has 3 rings (SSSR count). The number of rotatable bonds is 1.